The van der Waals surface area contributed by atoms with Crippen molar-refractivity contribution in [3.8, 4) is 0 Å². The van der Waals surface area contributed by atoms with Crippen molar-refractivity contribution in [2.45, 2.75) is 25.0 Å². The van der Waals surface area contributed by atoms with Crippen LogP contribution in [0.25, 0.3) is 0 Å². The fourth-order valence-corrected chi connectivity index (χ4v) is 2.53. The summed E-state index contributed by atoms with van der Waals surface area (Å²) in [5.41, 5.74) is 2.82. The summed E-state index contributed by atoms with van der Waals surface area (Å²) < 4.78 is 10.9. The fraction of sp³-hybridized carbons (Fsp3) is 0.571. The molecule has 1 aromatic rings. The van der Waals surface area contributed by atoms with Gasteiger partial charge in [0.05, 0.1) is 25.4 Å². The Bertz CT molecular complexity index is 354. The molecule has 0 bridgehead atoms. The van der Waals surface area contributed by atoms with E-state index >= 15 is 0 Å². The van der Waals surface area contributed by atoms with Gasteiger partial charge in [0.1, 0.15) is 0 Å². The Balaban J connectivity index is 2.06. The van der Waals surface area contributed by atoms with Gasteiger partial charge in [0.15, 0.2) is 0 Å². The first-order valence-electron chi connectivity index (χ1n) is 6.22. The number of fused-ring (bicyclic) bond motifs is 1. The molecule has 0 saturated heterocycles. The van der Waals surface area contributed by atoms with Crippen molar-refractivity contribution in [2.75, 3.05) is 27.4 Å². The molecule has 3 nitrogen and oxygen atoms in total. The summed E-state index contributed by atoms with van der Waals surface area (Å²) in [6, 6.07) is 8.92. The maximum absolute atomic E-state index is 5.90. The van der Waals surface area contributed by atoms with Crippen LogP contribution >= 0.6 is 0 Å². The number of aryl methyl sites for hydroxylation is 1. The molecule has 0 saturated carbocycles. The standard InChI is InChI=1S/C14H21NO2/c1-15-14-12-6-4-3-5-11(12)7-8-13(14)17-10-9-16-2/h3-6,13-15H,7-10H2,1-2H3. The molecule has 0 heterocycles. The van der Waals surface area contributed by atoms with E-state index in [0.29, 0.717) is 19.3 Å². The number of nitrogens with one attached hydrogen (secondary N) is 1. The van der Waals surface area contributed by atoms with Gasteiger partial charge >= 0.3 is 0 Å². The van der Waals surface area contributed by atoms with E-state index in [1.807, 2.05) is 7.05 Å². The number of ether oxygens (including phenoxy) is 2. The molecule has 2 rings (SSSR count). The third kappa shape index (κ3) is 2.86. The van der Waals surface area contributed by atoms with Crippen LogP contribution in [-0.4, -0.2) is 33.5 Å². The van der Waals surface area contributed by atoms with Crippen LogP contribution in [0.3, 0.4) is 0 Å². The van der Waals surface area contributed by atoms with Crippen LogP contribution in [0.4, 0.5) is 0 Å². The molecule has 0 aromatic heterocycles. The molecule has 0 amide bonds. The second-order valence-electron chi connectivity index (χ2n) is 4.41. The summed E-state index contributed by atoms with van der Waals surface area (Å²) in [6.45, 7) is 1.33. The third-order valence-corrected chi connectivity index (χ3v) is 3.39. The van der Waals surface area contributed by atoms with Gasteiger partial charge in [-0.3, -0.25) is 0 Å². The first kappa shape index (κ1) is 12.6. The molecule has 94 valence electrons. The van der Waals surface area contributed by atoms with Gasteiger partial charge in [-0.15, -0.1) is 0 Å². The first-order valence-corrected chi connectivity index (χ1v) is 6.22. The number of likely N-dealkylation sites (N-methyl/N-ethyl adjacent to an activating group) is 1. The van der Waals surface area contributed by atoms with Gasteiger partial charge in [0, 0.05) is 7.11 Å². The van der Waals surface area contributed by atoms with E-state index in [4.69, 9.17) is 9.47 Å². The third-order valence-electron chi connectivity index (χ3n) is 3.39. The van der Waals surface area contributed by atoms with E-state index in [0.717, 1.165) is 12.8 Å². The lowest BCUT2D eigenvalue weighted by Gasteiger charge is -2.33. The normalized spacial score (nSPS) is 23.4. The van der Waals surface area contributed by atoms with Crippen molar-refractivity contribution >= 4 is 0 Å². The van der Waals surface area contributed by atoms with Crippen molar-refractivity contribution in [2.24, 2.45) is 0 Å². The van der Waals surface area contributed by atoms with E-state index in [1.54, 1.807) is 7.11 Å². The summed E-state index contributed by atoms with van der Waals surface area (Å²) in [6.07, 6.45) is 2.43. The second kappa shape index (κ2) is 6.15. The van der Waals surface area contributed by atoms with Crippen molar-refractivity contribution in [3.05, 3.63) is 35.4 Å². The lowest BCUT2D eigenvalue weighted by atomic mass is 9.85. The van der Waals surface area contributed by atoms with Gasteiger partial charge in [-0.05, 0) is 31.0 Å². The van der Waals surface area contributed by atoms with Gasteiger partial charge in [-0.2, -0.15) is 0 Å². The predicted octanol–water partition coefficient (Wildman–Crippen LogP) is 1.92. The zero-order valence-corrected chi connectivity index (χ0v) is 10.6. The summed E-state index contributed by atoms with van der Waals surface area (Å²) >= 11 is 0. The highest BCUT2D eigenvalue weighted by Gasteiger charge is 2.28. The summed E-state index contributed by atoms with van der Waals surface area (Å²) in [4.78, 5) is 0. The van der Waals surface area contributed by atoms with E-state index in [1.165, 1.54) is 11.1 Å². The molecule has 2 unspecified atom stereocenters. The van der Waals surface area contributed by atoms with Gasteiger partial charge in [0.2, 0.25) is 0 Å². The van der Waals surface area contributed by atoms with Crippen LogP contribution in [0, 0.1) is 0 Å². The van der Waals surface area contributed by atoms with Crippen LogP contribution in [0.15, 0.2) is 24.3 Å². The minimum atomic E-state index is 0.255. The van der Waals surface area contributed by atoms with Gasteiger partial charge in [-0.25, -0.2) is 0 Å². The molecule has 0 radical (unpaired) electrons. The molecule has 1 aliphatic rings. The zero-order chi connectivity index (χ0) is 12.1. The number of hydrogen-bond donors (Lipinski definition) is 1. The van der Waals surface area contributed by atoms with Gasteiger partial charge in [-0.1, -0.05) is 24.3 Å². The van der Waals surface area contributed by atoms with Gasteiger partial charge < -0.3 is 14.8 Å². The Hall–Kier alpha value is -0.900. The van der Waals surface area contributed by atoms with Crippen molar-refractivity contribution < 1.29 is 9.47 Å². The van der Waals surface area contributed by atoms with Crippen LogP contribution in [0.2, 0.25) is 0 Å². The largest absolute Gasteiger partial charge is 0.382 e. The summed E-state index contributed by atoms with van der Waals surface area (Å²) in [7, 11) is 3.70. The highest BCUT2D eigenvalue weighted by molar-refractivity contribution is 5.33. The molecule has 1 aliphatic carbocycles. The summed E-state index contributed by atoms with van der Waals surface area (Å²) in [5, 5.41) is 3.37. The molecule has 0 spiro atoms. The van der Waals surface area contributed by atoms with Crippen molar-refractivity contribution in [1.29, 1.82) is 0 Å². The Morgan fingerprint density at radius 2 is 2.12 bits per heavy atom. The lowest BCUT2D eigenvalue weighted by Crippen LogP contribution is -2.36. The molecule has 0 fully saturated rings. The van der Waals surface area contributed by atoms with Crippen molar-refractivity contribution in [1.82, 2.24) is 5.32 Å². The Morgan fingerprint density at radius 1 is 1.29 bits per heavy atom. The average Bonchev–Trinajstić information content (AvgIpc) is 2.38. The second-order valence-corrected chi connectivity index (χ2v) is 4.41. The minimum Gasteiger partial charge on any atom is -0.382 e. The molecule has 1 N–H and O–H groups in total. The van der Waals surface area contributed by atoms with Crippen LogP contribution < -0.4 is 5.32 Å². The van der Waals surface area contributed by atoms with Crippen LogP contribution in [-0.2, 0) is 15.9 Å². The van der Waals surface area contributed by atoms with E-state index in [9.17, 15) is 0 Å². The van der Waals surface area contributed by atoms with Crippen LogP contribution in [0.1, 0.15) is 23.6 Å². The topological polar surface area (TPSA) is 30.5 Å². The smallest absolute Gasteiger partial charge is 0.0774 e. The highest BCUT2D eigenvalue weighted by Crippen LogP contribution is 2.31. The fourth-order valence-electron chi connectivity index (χ4n) is 2.53. The zero-order valence-electron chi connectivity index (χ0n) is 10.6. The molecular formula is C14H21NO2. The molecule has 1 aromatic carbocycles. The molecule has 2 atom stereocenters. The van der Waals surface area contributed by atoms with E-state index < -0.39 is 0 Å². The number of methoxy groups -OCH3 is 1. The maximum Gasteiger partial charge on any atom is 0.0774 e. The minimum absolute atomic E-state index is 0.255. The summed E-state index contributed by atoms with van der Waals surface area (Å²) in [5.74, 6) is 0. The van der Waals surface area contributed by atoms with E-state index in [-0.39, 0.29) is 6.10 Å². The average molecular weight is 235 g/mol. The Kier molecular flexibility index (Phi) is 4.54. The monoisotopic (exact) mass is 235 g/mol. The SMILES string of the molecule is CNC1c2ccccc2CCC1OCCOC. The number of benzene rings is 1. The molecule has 3 heteroatoms. The van der Waals surface area contributed by atoms with Crippen molar-refractivity contribution in [3.63, 3.8) is 0 Å². The molecule has 0 aliphatic heterocycles. The lowest BCUT2D eigenvalue weighted by molar-refractivity contribution is -0.00872. The molecule has 17 heavy (non-hydrogen) atoms. The highest BCUT2D eigenvalue weighted by atomic mass is 16.5. The van der Waals surface area contributed by atoms with Crippen LogP contribution in [0.5, 0.6) is 0 Å². The predicted molar refractivity (Wildman–Crippen MR) is 68.2 cm³/mol. The van der Waals surface area contributed by atoms with E-state index in [2.05, 4.69) is 29.6 Å². The number of rotatable bonds is 5. The Morgan fingerprint density at radius 3 is 2.88 bits per heavy atom. The quantitative estimate of drug-likeness (QED) is 0.791. The Labute approximate surface area is 103 Å². The molecular weight excluding hydrogens is 214 g/mol. The van der Waals surface area contributed by atoms with Gasteiger partial charge in [0.25, 0.3) is 0 Å². The first-order chi connectivity index (χ1) is 8.36. The maximum atomic E-state index is 5.90. The number of hydrogen-bond acceptors (Lipinski definition) is 3.